The zero-order chi connectivity index (χ0) is 15.4. The fourth-order valence-electron chi connectivity index (χ4n) is 2.53. The molecule has 2 rings (SSSR count). The highest BCUT2D eigenvalue weighted by atomic mass is 16.5. The molecule has 1 atom stereocenters. The van der Waals surface area contributed by atoms with Crippen molar-refractivity contribution in [3.63, 3.8) is 0 Å². The van der Waals surface area contributed by atoms with Crippen molar-refractivity contribution in [1.82, 2.24) is 15.0 Å². The van der Waals surface area contributed by atoms with Crippen LogP contribution in [0.4, 0.5) is 0 Å². The highest BCUT2D eigenvalue weighted by Crippen LogP contribution is 2.30. The van der Waals surface area contributed by atoms with E-state index >= 15 is 0 Å². The normalized spacial score (nSPS) is 12.7. The first-order valence-electron chi connectivity index (χ1n) is 7.62. The van der Waals surface area contributed by atoms with E-state index in [-0.39, 0.29) is 0 Å². The highest BCUT2D eigenvalue weighted by molar-refractivity contribution is 5.40. The number of benzene rings is 1. The molecule has 1 aromatic heterocycles. The summed E-state index contributed by atoms with van der Waals surface area (Å²) < 4.78 is 7.32. The van der Waals surface area contributed by atoms with Crippen LogP contribution in [-0.2, 0) is 13.0 Å². The van der Waals surface area contributed by atoms with Crippen molar-refractivity contribution in [2.45, 2.75) is 52.5 Å². The van der Waals surface area contributed by atoms with Gasteiger partial charge in [0.1, 0.15) is 5.75 Å². The molecule has 0 saturated carbocycles. The lowest BCUT2D eigenvalue weighted by Crippen LogP contribution is -2.02. The minimum Gasteiger partial charge on any atom is -0.496 e. The molecule has 0 aliphatic heterocycles. The summed E-state index contributed by atoms with van der Waals surface area (Å²) in [4.78, 5) is 0. The first kappa shape index (κ1) is 15.5. The topological polar surface area (TPSA) is 39.9 Å². The van der Waals surface area contributed by atoms with E-state index < -0.39 is 0 Å². The fourth-order valence-corrected chi connectivity index (χ4v) is 2.53. The summed E-state index contributed by atoms with van der Waals surface area (Å²) >= 11 is 0. The Labute approximate surface area is 127 Å². The van der Waals surface area contributed by atoms with Crippen molar-refractivity contribution >= 4 is 0 Å². The summed E-state index contributed by atoms with van der Waals surface area (Å²) in [6.45, 7) is 9.55. The average Bonchev–Trinajstić information content (AvgIpc) is 2.94. The predicted octanol–water partition coefficient (Wildman–Crippen LogP) is 3.78. The molecule has 114 valence electrons. The number of aromatic nitrogens is 3. The summed E-state index contributed by atoms with van der Waals surface area (Å²) in [6, 6.07) is 6.49. The maximum atomic E-state index is 5.45. The number of hydrogen-bond acceptors (Lipinski definition) is 3. The molecule has 0 radical (unpaired) electrons. The Morgan fingerprint density at radius 2 is 2.00 bits per heavy atom. The Kier molecular flexibility index (Phi) is 4.99. The molecule has 1 unspecified atom stereocenters. The van der Waals surface area contributed by atoms with Gasteiger partial charge in [0, 0.05) is 12.7 Å². The maximum Gasteiger partial charge on any atom is 0.122 e. The van der Waals surface area contributed by atoms with E-state index in [0.29, 0.717) is 11.8 Å². The van der Waals surface area contributed by atoms with Gasteiger partial charge in [0.2, 0.25) is 0 Å². The van der Waals surface area contributed by atoms with Gasteiger partial charge >= 0.3 is 0 Å². The molecule has 0 N–H and O–H groups in total. The van der Waals surface area contributed by atoms with Crippen LogP contribution in [-0.4, -0.2) is 22.1 Å². The molecule has 0 aliphatic rings. The summed E-state index contributed by atoms with van der Waals surface area (Å²) in [5, 5.41) is 8.33. The predicted molar refractivity (Wildman–Crippen MR) is 84.9 cm³/mol. The van der Waals surface area contributed by atoms with Gasteiger partial charge in [0.25, 0.3) is 0 Å². The van der Waals surface area contributed by atoms with Crippen molar-refractivity contribution in [2.75, 3.05) is 7.11 Å². The monoisotopic (exact) mass is 287 g/mol. The highest BCUT2D eigenvalue weighted by Gasteiger charge is 2.14. The number of nitrogens with zero attached hydrogens (tertiary/aromatic N) is 3. The number of aryl methyl sites for hydroxylation is 1. The molecule has 4 nitrogen and oxygen atoms in total. The standard InChI is InChI=1S/C17H25N3O/c1-6-20-11-15(18-19-20)9-13(4)14-7-8-17(21-5)16(10-14)12(2)3/h7-8,10-13H,6,9H2,1-5H3. The molecule has 2 aromatic rings. The van der Waals surface area contributed by atoms with E-state index in [9.17, 15) is 0 Å². The summed E-state index contributed by atoms with van der Waals surface area (Å²) in [5.74, 6) is 1.83. The third kappa shape index (κ3) is 3.63. The second-order valence-corrected chi connectivity index (χ2v) is 5.83. The summed E-state index contributed by atoms with van der Waals surface area (Å²) in [5.41, 5.74) is 3.64. The van der Waals surface area contributed by atoms with Crippen molar-refractivity contribution in [3.8, 4) is 5.75 Å². The third-order valence-corrected chi connectivity index (χ3v) is 3.87. The lowest BCUT2D eigenvalue weighted by molar-refractivity contribution is 0.407. The molecule has 1 aromatic carbocycles. The minimum atomic E-state index is 0.412. The van der Waals surface area contributed by atoms with Gasteiger partial charge in [-0.1, -0.05) is 38.1 Å². The van der Waals surface area contributed by atoms with E-state index in [1.807, 2.05) is 10.9 Å². The van der Waals surface area contributed by atoms with Crippen LogP contribution in [0.3, 0.4) is 0 Å². The Bertz CT molecular complexity index is 589. The zero-order valence-electron chi connectivity index (χ0n) is 13.6. The quantitative estimate of drug-likeness (QED) is 0.812. The number of ether oxygens (including phenoxy) is 1. The van der Waals surface area contributed by atoms with Gasteiger partial charge in [-0.05, 0) is 42.4 Å². The summed E-state index contributed by atoms with van der Waals surface area (Å²) in [7, 11) is 1.73. The van der Waals surface area contributed by atoms with Crippen molar-refractivity contribution in [2.24, 2.45) is 0 Å². The molecule has 0 spiro atoms. The van der Waals surface area contributed by atoms with Crippen LogP contribution >= 0.6 is 0 Å². The van der Waals surface area contributed by atoms with Crippen LogP contribution in [0, 0.1) is 0 Å². The lowest BCUT2D eigenvalue weighted by Gasteiger charge is -2.16. The van der Waals surface area contributed by atoms with Gasteiger partial charge in [-0.3, -0.25) is 4.68 Å². The van der Waals surface area contributed by atoms with Crippen LogP contribution in [0.25, 0.3) is 0 Å². The van der Waals surface area contributed by atoms with Gasteiger partial charge in [-0.25, -0.2) is 0 Å². The Hall–Kier alpha value is -1.84. The van der Waals surface area contributed by atoms with Crippen LogP contribution < -0.4 is 4.74 Å². The second kappa shape index (κ2) is 6.74. The molecule has 0 amide bonds. The van der Waals surface area contributed by atoms with Crippen LogP contribution in [0.1, 0.15) is 56.4 Å². The van der Waals surface area contributed by atoms with Gasteiger partial charge in [0.05, 0.1) is 12.8 Å². The lowest BCUT2D eigenvalue weighted by atomic mass is 9.91. The maximum absolute atomic E-state index is 5.45. The molecule has 0 saturated heterocycles. The number of hydrogen-bond donors (Lipinski definition) is 0. The number of methoxy groups -OCH3 is 1. The fraction of sp³-hybridized carbons (Fsp3) is 0.529. The van der Waals surface area contributed by atoms with Crippen molar-refractivity contribution in [3.05, 3.63) is 41.2 Å². The Balaban J connectivity index is 2.18. The molecule has 0 bridgehead atoms. The van der Waals surface area contributed by atoms with E-state index in [4.69, 9.17) is 4.74 Å². The Morgan fingerprint density at radius 3 is 2.57 bits per heavy atom. The minimum absolute atomic E-state index is 0.412. The van der Waals surface area contributed by atoms with Crippen molar-refractivity contribution < 1.29 is 4.74 Å². The van der Waals surface area contributed by atoms with E-state index in [0.717, 1.165) is 24.4 Å². The largest absolute Gasteiger partial charge is 0.496 e. The second-order valence-electron chi connectivity index (χ2n) is 5.83. The zero-order valence-corrected chi connectivity index (χ0v) is 13.6. The molecule has 0 fully saturated rings. The first-order chi connectivity index (χ1) is 10.0. The van der Waals surface area contributed by atoms with E-state index in [1.54, 1.807) is 7.11 Å². The van der Waals surface area contributed by atoms with Crippen LogP contribution in [0.2, 0.25) is 0 Å². The smallest absolute Gasteiger partial charge is 0.122 e. The molecular formula is C17H25N3O. The van der Waals surface area contributed by atoms with Gasteiger partial charge in [-0.15, -0.1) is 5.10 Å². The van der Waals surface area contributed by atoms with Crippen molar-refractivity contribution in [1.29, 1.82) is 0 Å². The number of rotatable bonds is 6. The average molecular weight is 287 g/mol. The van der Waals surface area contributed by atoms with Crippen LogP contribution in [0.15, 0.2) is 24.4 Å². The van der Waals surface area contributed by atoms with E-state index in [1.165, 1.54) is 11.1 Å². The molecule has 4 heteroatoms. The molecule has 21 heavy (non-hydrogen) atoms. The van der Waals surface area contributed by atoms with E-state index in [2.05, 4.69) is 56.2 Å². The Morgan fingerprint density at radius 1 is 1.24 bits per heavy atom. The van der Waals surface area contributed by atoms with Gasteiger partial charge in [-0.2, -0.15) is 0 Å². The molecule has 1 heterocycles. The summed E-state index contributed by atoms with van der Waals surface area (Å²) in [6.07, 6.45) is 2.94. The molecular weight excluding hydrogens is 262 g/mol. The van der Waals surface area contributed by atoms with Crippen LogP contribution in [0.5, 0.6) is 5.75 Å². The SMILES string of the molecule is CCn1cc(CC(C)c2ccc(OC)c(C(C)C)c2)nn1. The van der Waals surface area contributed by atoms with Gasteiger partial charge < -0.3 is 4.74 Å². The molecule has 0 aliphatic carbocycles. The first-order valence-corrected chi connectivity index (χ1v) is 7.62. The third-order valence-electron chi connectivity index (χ3n) is 3.87. The van der Waals surface area contributed by atoms with Gasteiger partial charge in [0.15, 0.2) is 0 Å².